The summed E-state index contributed by atoms with van der Waals surface area (Å²) in [5.41, 5.74) is -1.26. The average molecular weight is 308 g/mol. The van der Waals surface area contributed by atoms with E-state index in [9.17, 15) is 2.74 Å². The molecule has 1 spiro atoms. The Kier molecular flexibility index (Phi) is 1.28. The molecule has 5 atom stereocenters. The number of likely N-dealkylation sites (N-methyl/N-ethyl adjacent to an activating group) is 1. The highest BCUT2D eigenvalue weighted by atomic mass is 16.5. The lowest BCUT2D eigenvalue weighted by atomic mass is 9.53. The summed E-state index contributed by atoms with van der Waals surface area (Å²) >= 11 is 0. The first-order valence-corrected chi connectivity index (χ1v) is 7.29. The predicted octanol–water partition coefficient (Wildman–Crippen LogP) is 1.50. The van der Waals surface area contributed by atoms with Gasteiger partial charge in [-0.3, -0.25) is 0 Å². The van der Waals surface area contributed by atoms with Crippen LogP contribution in [0.3, 0.4) is 0 Å². The van der Waals surface area contributed by atoms with Crippen molar-refractivity contribution in [3.05, 3.63) is 35.4 Å². The molecule has 2 aliphatic heterocycles. The van der Waals surface area contributed by atoms with Crippen LogP contribution in [-0.4, -0.2) is 50.3 Å². The van der Waals surface area contributed by atoms with Crippen LogP contribution < -0.4 is 9.47 Å². The van der Waals surface area contributed by atoms with Gasteiger partial charge >= 0.3 is 0 Å². The SMILES string of the molecule is [2H]OC1([2H])C=C[C@@]2([2H])[C@@H]3N(C)CC[C@@]24c2c(ccc(OC([2H])([2H])[2H])c2OC14[2H])C3([2H])[2H]. The van der Waals surface area contributed by atoms with Gasteiger partial charge in [-0.05, 0) is 38.0 Å². The molecule has 0 saturated carbocycles. The fourth-order valence-electron chi connectivity index (χ4n) is 4.26. The van der Waals surface area contributed by atoms with Crippen molar-refractivity contribution in [3.63, 3.8) is 0 Å². The molecular formula is C18H21NO3. The molecule has 1 aromatic rings. The number of hydrogen-bond donors (Lipinski definition) is 1. The standard InChI is InChI=1S/C18H21NO3/c1-19-8-7-18-11-4-5-13(20)17(18)22-16-14(21-2)6-3-10(15(16)18)9-12(11)19/h3-6,11-13,17,20H,7-9H2,1-2H3/t11-,12+,13?,17?,18-/m0/s1/i2D3,9D2,11D,13D,17D,20D. The third-order valence-corrected chi connectivity index (χ3v) is 5.25. The Labute approximate surface area is 143 Å². The Morgan fingerprint density at radius 2 is 2.55 bits per heavy atom. The summed E-state index contributed by atoms with van der Waals surface area (Å²) in [6, 6.07) is 1.68. The molecule has 2 unspecified atom stereocenters. The van der Waals surface area contributed by atoms with Gasteiger partial charge in [0.05, 0.1) is 13.9 Å². The van der Waals surface area contributed by atoms with Crippen molar-refractivity contribution in [1.29, 1.82) is 1.43 Å². The van der Waals surface area contributed by atoms with Crippen LogP contribution in [0.4, 0.5) is 0 Å². The quantitative estimate of drug-likeness (QED) is 0.841. The Morgan fingerprint density at radius 1 is 1.59 bits per heavy atom. The number of likely N-dealkylation sites (tertiary alicyclic amines) is 1. The molecule has 1 aromatic carbocycles. The topological polar surface area (TPSA) is 41.9 Å². The van der Waals surface area contributed by atoms with Crippen molar-refractivity contribution >= 4 is 0 Å². The maximum absolute atomic E-state index is 9.47. The predicted molar refractivity (Wildman–Crippen MR) is 82.5 cm³/mol. The van der Waals surface area contributed by atoms with Crippen molar-refractivity contribution in [2.75, 3.05) is 20.6 Å². The van der Waals surface area contributed by atoms with E-state index in [1.54, 1.807) is 11.9 Å². The zero-order chi connectivity index (χ0) is 22.8. The molecule has 22 heavy (non-hydrogen) atoms. The molecule has 4 heteroatoms. The van der Waals surface area contributed by atoms with Crippen LogP contribution in [0.2, 0.25) is 0 Å². The molecule has 1 saturated heterocycles. The zero-order valence-corrected chi connectivity index (χ0v) is 12.0. The molecule has 5 rings (SSSR count). The minimum absolute atomic E-state index is 0.147. The van der Waals surface area contributed by atoms with E-state index in [0.717, 1.165) is 6.08 Å². The van der Waals surface area contributed by atoms with Crippen molar-refractivity contribution in [3.8, 4) is 11.5 Å². The molecule has 116 valence electrons. The van der Waals surface area contributed by atoms with E-state index in [1.165, 1.54) is 18.2 Å². The second-order valence-corrected chi connectivity index (χ2v) is 6.18. The molecule has 2 heterocycles. The molecule has 0 radical (unpaired) electrons. The van der Waals surface area contributed by atoms with Crippen LogP contribution in [0.1, 0.15) is 28.5 Å². The number of piperidine rings is 1. The molecule has 2 bridgehead atoms. The van der Waals surface area contributed by atoms with Gasteiger partial charge in [0.15, 0.2) is 11.5 Å². The molecule has 4 aliphatic rings. The fraction of sp³-hybridized carbons (Fsp3) is 0.556. The Balaban J connectivity index is 1.92. The second-order valence-electron chi connectivity index (χ2n) is 6.18. The van der Waals surface area contributed by atoms with Crippen molar-refractivity contribution in [2.45, 2.75) is 36.4 Å². The van der Waals surface area contributed by atoms with E-state index in [0.29, 0.717) is 6.54 Å². The molecule has 0 aromatic heterocycles. The van der Waals surface area contributed by atoms with Crippen molar-refractivity contribution in [1.82, 2.24) is 4.90 Å². The highest BCUT2D eigenvalue weighted by Crippen LogP contribution is 2.62. The van der Waals surface area contributed by atoms with Crippen molar-refractivity contribution in [2.24, 2.45) is 5.89 Å². The third-order valence-electron chi connectivity index (χ3n) is 5.25. The monoisotopic (exact) mass is 308 g/mol. The normalized spacial score (nSPS) is 59.9. The van der Waals surface area contributed by atoms with Gasteiger partial charge in [0.1, 0.15) is 12.2 Å². The third kappa shape index (κ3) is 1.28. The molecular weight excluding hydrogens is 278 g/mol. The Morgan fingerprint density at radius 3 is 3.41 bits per heavy atom. The summed E-state index contributed by atoms with van der Waals surface area (Å²) in [4.78, 5) is 1.73. The van der Waals surface area contributed by atoms with Gasteiger partial charge < -0.3 is 19.5 Å². The summed E-state index contributed by atoms with van der Waals surface area (Å²) < 4.78 is 86.3. The van der Waals surface area contributed by atoms with E-state index in [1.807, 2.05) is 0 Å². The number of nitrogens with zero attached hydrogens (tertiary/aromatic N) is 1. The number of benzene rings is 1. The maximum atomic E-state index is 9.47. The average Bonchev–Trinajstić information content (AvgIpc) is 2.93. The van der Waals surface area contributed by atoms with Crippen LogP contribution in [-0.2, 0) is 11.8 Å². The van der Waals surface area contributed by atoms with Gasteiger partial charge in [-0.1, -0.05) is 18.2 Å². The summed E-state index contributed by atoms with van der Waals surface area (Å²) in [6.07, 6.45) is -4.14. The number of ether oxygens (including phenoxy) is 2. The summed E-state index contributed by atoms with van der Waals surface area (Å²) in [6.45, 7) is 0.306. The highest BCUT2D eigenvalue weighted by molar-refractivity contribution is 5.62. The second kappa shape index (κ2) is 4.06. The van der Waals surface area contributed by atoms with E-state index in [-0.39, 0.29) is 29.0 Å². The summed E-state index contributed by atoms with van der Waals surface area (Å²) in [5, 5.41) is 4.66. The van der Waals surface area contributed by atoms with Gasteiger partial charge in [-0.2, -0.15) is 0 Å². The molecule has 2 aliphatic carbocycles. The van der Waals surface area contributed by atoms with Crippen molar-refractivity contribution < 1.29 is 25.5 Å². The lowest BCUT2D eigenvalue weighted by molar-refractivity contribution is -0.0453. The molecule has 0 amide bonds. The molecule has 1 fully saturated rings. The number of aliphatic hydroxyl groups is 1. The van der Waals surface area contributed by atoms with E-state index in [2.05, 4.69) is 5.11 Å². The number of rotatable bonds is 2. The van der Waals surface area contributed by atoms with Crippen LogP contribution in [0.15, 0.2) is 24.3 Å². The minimum atomic E-state index is -2.84. The maximum Gasteiger partial charge on any atom is 0.211 e. The largest absolute Gasteiger partial charge is 0.493 e. The van der Waals surface area contributed by atoms with E-state index >= 15 is 0 Å². The fourth-order valence-corrected chi connectivity index (χ4v) is 4.26. The minimum Gasteiger partial charge on any atom is -0.493 e. The van der Waals surface area contributed by atoms with Crippen LogP contribution in [0.5, 0.6) is 11.5 Å². The first-order chi connectivity index (χ1) is 14.2. The Hall–Kier alpha value is -1.52. The lowest BCUT2D eigenvalue weighted by Gasteiger charge is -2.56. The van der Waals surface area contributed by atoms with Gasteiger partial charge in [0, 0.05) is 27.0 Å². The first kappa shape index (κ1) is 6.93. The van der Waals surface area contributed by atoms with Gasteiger partial charge in [-0.25, -0.2) is 0 Å². The van der Waals surface area contributed by atoms with Crippen LogP contribution in [0.25, 0.3) is 0 Å². The van der Waals surface area contributed by atoms with Gasteiger partial charge in [0.25, 0.3) is 0 Å². The van der Waals surface area contributed by atoms with Gasteiger partial charge in [0.2, 0.25) is 1.43 Å². The van der Waals surface area contributed by atoms with Gasteiger partial charge in [-0.15, -0.1) is 0 Å². The first-order valence-electron chi connectivity index (χ1n) is 11.7. The summed E-state index contributed by atoms with van der Waals surface area (Å²) in [7, 11) is -1.12. The Bertz CT molecular complexity index is 1020. The smallest absolute Gasteiger partial charge is 0.211 e. The van der Waals surface area contributed by atoms with E-state index < -0.39 is 42.9 Å². The molecule has 1 N–H and O–H groups in total. The molecule has 4 nitrogen and oxygen atoms in total. The number of hydrogen-bond acceptors (Lipinski definition) is 4. The zero-order valence-electron chi connectivity index (χ0n) is 21.0. The van der Waals surface area contributed by atoms with E-state index in [4.69, 9.17) is 19.1 Å². The van der Waals surface area contributed by atoms with Crippen LogP contribution >= 0.6 is 0 Å². The highest BCUT2D eigenvalue weighted by Gasteiger charge is 2.64. The lowest BCUT2D eigenvalue weighted by Crippen LogP contribution is -2.64. The number of methoxy groups -OCH3 is 1. The summed E-state index contributed by atoms with van der Waals surface area (Å²) in [5.74, 6) is -2.15. The van der Waals surface area contributed by atoms with Crippen LogP contribution in [0, 0.1) is 5.89 Å².